The first-order valence-corrected chi connectivity index (χ1v) is 12.7. The molecule has 2 heterocycles. The van der Waals surface area contributed by atoms with Crippen molar-refractivity contribution in [2.45, 2.75) is 76.8 Å². The molecule has 5 nitrogen and oxygen atoms in total. The lowest BCUT2D eigenvalue weighted by atomic mass is 9.86. The number of carbonyl (C=O) groups excluding carboxylic acids is 1. The number of rotatable bonds is 8. The molecule has 1 amide bonds. The van der Waals surface area contributed by atoms with Gasteiger partial charge in [-0.25, -0.2) is 0 Å². The molecule has 172 valence electrons. The van der Waals surface area contributed by atoms with Gasteiger partial charge in [-0.15, -0.1) is 0 Å². The second-order valence-corrected chi connectivity index (χ2v) is 10.3. The van der Waals surface area contributed by atoms with Gasteiger partial charge in [-0.2, -0.15) is 0 Å². The van der Waals surface area contributed by atoms with Crippen LogP contribution in [0.25, 0.3) is 0 Å². The summed E-state index contributed by atoms with van der Waals surface area (Å²) in [4.78, 5) is 17.5. The van der Waals surface area contributed by atoms with Crippen LogP contribution < -0.4 is 11.1 Å². The zero-order valence-corrected chi connectivity index (χ0v) is 19.2. The quantitative estimate of drug-likeness (QED) is 0.653. The fourth-order valence-electron chi connectivity index (χ4n) is 5.92. The molecule has 3 aliphatic rings. The maximum absolute atomic E-state index is 12.6. The van der Waals surface area contributed by atoms with E-state index in [0.717, 1.165) is 37.7 Å². The molecule has 1 aliphatic carbocycles. The van der Waals surface area contributed by atoms with Gasteiger partial charge in [0, 0.05) is 24.8 Å². The Balaban J connectivity index is 1.19. The van der Waals surface area contributed by atoms with Crippen LogP contribution in [0.15, 0.2) is 24.3 Å². The molecule has 0 aromatic heterocycles. The topological polar surface area (TPSA) is 61.6 Å². The Morgan fingerprint density at radius 2 is 1.65 bits per heavy atom. The number of piperidine rings is 2. The van der Waals surface area contributed by atoms with Crippen LogP contribution in [-0.4, -0.2) is 54.5 Å². The third kappa shape index (κ3) is 7.03. The van der Waals surface area contributed by atoms with Gasteiger partial charge >= 0.3 is 0 Å². The van der Waals surface area contributed by atoms with Gasteiger partial charge in [-0.1, -0.05) is 31.4 Å². The Labute approximate surface area is 188 Å². The van der Waals surface area contributed by atoms with E-state index in [-0.39, 0.29) is 5.91 Å². The van der Waals surface area contributed by atoms with Crippen LogP contribution in [0.5, 0.6) is 0 Å². The van der Waals surface area contributed by atoms with Gasteiger partial charge in [0.15, 0.2) is 0 Å². The number of benzene rings is 1. The van der Waals surface area contributed by atoms with Crippen molar-refractivity contribution in [2.75, 3.05) is 38.0 Å². The minimum absolute atomic E-state index is 0.101. The second kappa shape index (κ2) is 11.4. The molecule has 31 heavy (non-hydrogen) atoms. The number of hydrogen-bond donors (Lipinski definition) is 2. The van der Waals surface area contributed by atoms with Gasteiger partial charge in [0.05, 0.1) is 6.54 Å². The standard InChI is InChI=1S/C26H42N4O/c27-25(23-8-2-3-9-23)17-22-7-6-16-30(19-22)20-26(31)28-24-12-10-21(11-13-24)18-29-14-4-1-5-15-29/h10-13,22-23,25H,1-9,14-20,27H2,(H,28,31). The van der Waals surface area contributed by atoms with Gasteiger partial charge in [0.25, 0.3) is 0 Å². The van der Waals surface area contributed by atoms with E-state index < -0.39 is 0 Å². The second-order valence-electron chi connectivity index (χ2n) is 10.3. The molecule has 1 aromatic carbocycles. The highest BCUT2D eigenvalue weighted by Gasteiger charge is 2.28. The summed E-state index contributed by atoms with van der Waals surface area (Å²) < 4.78 is 0. The van der Waals surface area contributed by atoms with Crippen LogP contribution >= 0.6 is 0 Å². The third-order valence-corrected chi connectivity index (χ3v) is 7.67. The van der Waals surface area contributed by atoms with E-state index in [2.05, 4.69) is 39.4 Å². The predicted molar refractivity (Wildman–Crippen MR) is 128 cm³/mol. The van der Waals surface area contributed by atoms with Crippen LogP contribution in [-0.2, 0) is 11.3 Å². The summed E-state index contributed by atoms with van der Waals surface area (Å²) in [5.74, 6) is 1.48. The lowest BCUT2D eigenvalue weighted by Crippen LogP contribution is -2.42. The molecule has 3 N–H and O–H groups in total. The SMILES string of the molecule is NC(CC1CCCN(CC(=O)Nc2ccc(CN3CCCCC3)cc2)C1)C1CCCC1. The number of amides is 1. The van der Waals surface area contributed by atoms with E-state index in [1.54, 1.807) is 0 Å². The van der Waals surface area contributed by atoms with E-state index in [1.807, 2.05) is 0 Å². The number of carbonyl (C=O) groups is 1. The van der Waals surface area contributed by atoms with Crippen molar-refractivity contribution in [3.05, 3.63) is 29.8 Å². The highest BCUT2D eigenvalue weighted by molar-refractivity contribution is 5.92. The molecule has 1 aromatic rings. The molecular formula is C26H42N4O. The van der Waals surface area contributed by atoms with Gasteiger partial charge in [-0.3, -0.25) is 14.6 Å². The average Bonchev–Trinajstić information content (AvgIpc) is 3.31. The first-order chi connectivity index (χ1) is 15.2. The molecule has 2 atom stereocenters. The van der Waals surface area contributed by atoms with Crippen molar-refractivity contribution >= 4 is 11.6 Å². The predicted octanol–water partition coefficient (Wildman–Crippen LogP) is 4.23. The van der Waals surface area contributed by atoms with Gasteiger partial charge < -0.3 is 11.1 Å². The molecule has 2 aliphatic heterocycles. The number of nitrogens with zero attached hydrogens (tertiary/aromatic N) is 2. The number of likely N-dealkylation sites (tertiary alicyclic amines) is 2. The van der Waals surface area contributed by atoms with Crippen LogP contribution in [0.3, 0.4) is 0 Å². The summed E-state index contributed by atoms with van der Waals surface area (Å²) in [5, 5.41) is 3.10. The highest BCUT2D eigenvalue weighted by atomic mass is 16.2. The molecule has 4 rings (SSSR count). The molecule has 5 heteroatoms. The summed E-state index contributed by atoms with van der Waals surface area (Å²) in [6.07, 6.45) is 12.9. The summed E-state index contributed by atoms with van der Waals surface area (Å²) in [5.41, 5.74) is 8.77. The molecule has 3 fully saturated rings. The highest BCUT2D eigenvalue weighted by Crippen LogP contribution is 2.31. The summed E-state index contributed by atoms with van der Waals surface area (Å²) in [6.45, 7) is 5.97. The van der Waals surface area contributed by atoms with Crippen molar-refractivity contribution in [3.8, 4) is 0 Å². The Morgan fingerprint density at radius 1 is 0.935 bits per heavy atom. The van der Waals surface area contributed by atoms with Crippen LogP contribution in [0, 0.1) is 11.8 Å². The Bertz CT molecular complexity index is 679. The van der Waals surface area contributed by atoms with Gasteiger partial charge in [0.2, 0.25) is 5.91 Å². The van der Waals surface area contributed by atoms with Crippen LogP contribution in [0.1, 0.15) is 69.8 Å². The Morgan fingerprint density at radius 3 is 2.39 bits per heavy atom. The minimum Gasteiger partial charge on any atom is -0.327 e. The lowest BCUT2D eigenvalue weighted by molar-refractivity contribution is -0.117. The fourth-order valence-corrected chi connectivity index (χ4v) is 5.92. The van der Waals surface area contributed by atoms with Crippen molar-refractivity contribution < 1.29 is 4.79 Å². The number of nitrogens with two attached hydrogens (primary N) is 1. The maximum Gasteiger partial charge on any atom is 0.238 e. The summed E-state index contributed by atoms with van der Waals surface area (Å²) in [6, 6.07) is 8.77. The maximum atomic E-state index is 12.6. The fraction of sp³-hybridized carbons (Fsp3) is 0.731. The molecule has 1 saturated carbocycles. The average molecular weight is 427 g/mol. The monoisotopic (exact) mass is 426 g/mol. The number of nitrogens with one attached hydrogen (secondary N) is 1. The Hall–Kier alpha value is -1.43. The first kappa shape index (κ1) is 22.8. The minimum atomic E-state index is 0.101. The number of anilines is 1. The molecule has 0 bridgehead atoms. The Kier molecular flexibility index (Phi) is 8.40. The van der Waals surface area contributed by atoms with E-state index in [0.29, 0.717) is 18.5 Å². The molecule has 2 unspecified atom stereocenters. The smallest absolute Gasteiger partial charge is 0.238 e. The third-order valence-electron chi connectivity index (χ3n) is 7.67. The van der Waals surface area contributed by atoms with E-state index >= 15 is 0 Å². The summed E-state index contributed by atoms with van der Waals surface area (Å²) >= 11 is 0. The normalized spacial score (nSPS) is 24.9. The molecular weight excluding hydrogens is 384 g/mol. The van der Waals surface area contributed by atoms with Crippen LogP contribution in [0.2, 0.25) is 0 Å². The van der Waals surface area contributed by atoms with E-state index in [9.17, 15) is 4.79 Å². The van der Waals surface area contributed by atoms with Gasteiger partial charge in [-0.05, 0) is 94.1 Å². The van der Waals surface area contributed by atoms with E-state index in [4.69, 9.17) is 5.73 Å². The zero-order chi connectivity index (χ0) is 21.5. The van der Waals surface area contributed by atoms with Gasteiger partial charge in [0.1, 0.15) is 0 Å². The van der Waals surface area contributed by atoms with E-state index in [1.165, 1.54) is 76.4 Å². The van der Waals surface area contributed by atoms with Crippen molar-refractivity contribution in [1.29, 1.82) is 0 Å². The molecule has 0 radical (unpaired) electrons. The lowest BCUT2D eigenvalue weighted by Gasteiger charge is -2.34. The van der Waals surface area contributed by atoms with Crippen molar-refractivity contribution in [1.82, 2.24) is 9.80 Å². The van der Waals surface area contributed by atoms with Crippen LogP contribution in [0.4, 0.5) is 5.69 Å². The van der Waals surface area contributed by atoms with Crippen molar-refractivity contribution in [2.24, 2.45) is 17.6 Å². The zero-order valence-electron chi connectivity index (χ0n) is 19.2. The summed E-state index contributed by atoms with van der Waals surface area (Å²) in [7, 11) is 0. The molecule has 0 spiro atoms. The molecule has 2 saturated heterocycles. The van der Waals surface area contributed by atoms with Crippen molar-refractivity contribution in [3.63, 3.8) is 0 Å². The first-order valence-electron chi connectivity index (χ1n) is 12.7. The number of hydrogen-bond acceptors (Lipinski definition) is 4. The largest absolute Gasteiger partial charge is 0.327 e.